The van der Waals surface area contributed by atoms with Crippen molar-refractivity contribution in [1.82, 2.24) is 15.1 Å². The summed E-state index contributed by atoms with van der Waals surface area (Å²) in [5.41, 5.74) is 2.07. The summed E-state index contributed by atoms with van der Waals surface area (Å²) in [5, 5.41) is 5.22. The molecule has 2 aliphatic heterocycles. The Bertz CT molecular complexity index is 1540. The second-order valence-electron chi connectivity index (χ2n) is 9.42. The fraction of sp³-hybridized carbons (Fsp3) is 0.276. The molecule has 0 bridgehead atoms. The van der Waals surface area contributed by atoms with Gasteiger partial charge in [0.05, 0.1) is 5.39 Å². The van der Waals surface area contributed by atoms with Crippen molar-refractivity contribution in [3.05, 3.63) is 82.0 Å². The first-order valence-corrected chi connectivity index (χ1v) is 12.5. The van der Waals surface area contributed by atoms with Crippen LogP contribution in [0.1, 0.15) is 33.6 Å². The SMILES string of the molecule is Cl.Cl.O=C1c2cccc3c(-c4cc(=O)c5ccccc5o4)ccc(c23)C(=O)N1CCCCN1CCNCC1. The normalized spacial score (nSPS) is 15.4. The van der Waals surface area contributed by atoms with Gasteiger partial charge in [0.2, 0.25) is 0 Å². The number of hydrogen-bond acceptors (Lipinski definition) is 6. The Morgan fingerprint density at radius 1 is 0.737 bits per heavy atom. The van der Waals surface area contributed by atoms with Gasteiger partial charge in [-0.2, -0.15) is 0 Å². The second kappa shape index (κ2) is 11.7. The Labute approximate surface area is 232 Å². The highest BCUT2D eigenvalue weighted by Gasteiger charge is 2.33. The van der Waals surface area contributed by atoms with Gasteiger partial charge in [-0.25, -0.2) is 0 Å². The van der Waals surface area contributed by atoms with E-state index in [1.54, 1.807) is 30.3 Å². The largest absolute Gasteiger partial charge is 0.456 e. The monoisotopic (exact) mass is 553 g/mol. The zero-order valence-corrected chi connectivity index (χ0v) is 22.4. The number of carbonyl (C=O) groups is 2. The Balaban J connectivity index is 0.00000168. The van der Waals surface area contributed by atoms with Gasteiger partial charge in [0.1, 0.15) is 11.3 Å². The van der Waals surface area contributed by atoms with Crippen molar-refractivity contribution in [2.75, 3.05) is 39.3 Å². The van der Waals surface area contributed by atoms with Crippen LogP contribution in [-0.2, 0) is 0 Å². The number of piperazine rings is 1. The summed E-state index contributed by atoms with van der Waals surface area (Å²) in [4.78, 5) is 43.3. The van der Waals surface area contributed by atoms with E-state index < -0.39 is 0 Å². The molecule has 2 aliphatic rings. The van der Waals surface area contributed by atoms with E-state index >= 15 is 0 Å². The average Bonchev–Trinajstić information content (AvgIpc) is 2.91. The van der Waals surface area contributed by atoms with Gasteiger partial charge in [-0.15, -0.1) is 24.8 Å². The summed E-state index contributed by atoms with van der Waals surface area (Å²) < 4.78 is 6.07. The lowest BCUT2D eigenvalue weighted by Gasteiger charge is -2.29. The van der Waals surface area contributed by atoms with Gasteiger partial charge < -0.3 is 14.6 Å². The smallest absolute Gasteiger partial charge is 0.261 e. The summed E-state index contributed by atoms with van der Waals surface area (Å²) in [6.45, 7) is 5.47. The first-order valence-electron chi connectivity index (χ1n) is 12.5. The van der Waals surface area contributed by atoms with Gasteiger partial charge in [0.15, 0.2) is 5.43 Å². The van der Waals surface area contributed by atoms with Gasteiger partial charge in [-0.1, -0.05) is 24.3 Å². The van der Waals surface area contributed by atoms with Crippen molar-refractivity contribution in [2.45, 2.75) is 12.8 Å². The van der Waals surface area contributed by atoms with Crippen molar-refractivity contribution in [2.24, 2.45) is 0 Å². The second-order valence-corrected chi connectivity index (χ2v) is 9.42. The molecular formula is C29H29Cl2N3O4. The number of nitrogens with one attached hydrogen (secondary N) is 1. The topological polar surface area (TPSA) is 82.9 Å². The maximum Gasteiger partial charge on any atom is 0.261 e. The predicted molar refractivity (Wildman–Crippen MR) is 154 cm³/mol. The van der Waals surface area contributed by atoms with Crippen LogP contribution in [0.25, 0.3) is 33.1 Å². The molecule has 1 fully saturated rings. The fourth-order valence-electron chi connectivity index (χ4n) is 5.34. The minimum atomic E-state index is -0.266. The molecule has 7 nitrogen and oxygen atoms in total. The highest BCUT2D eigenvalue weighted by atomic mass is 35.5. The van der Waals surface area contributed by atoms with Gasteiger partial charge >= 0.3 is 0 Å². The van der Waals surface area contributed by atoms with E-state index in [4.69, 9.17) is 4.42 Å². The minimum Gasteiger partial charge on any atom is -0.456 e. The molecule has 9 heteroatoms. The minimum absolute atomic E-state index is 0. The number of benzene rings is 3. The molecular weight excluding hydrogens is 525 g/mol. The molecule has 1 N–H and O–H groups in total. The third kappa shape index (κ3) is 4.95. The quantitative estimate of drug-likeness (QED) is 0.274. The number of hydrogen-bond donors (Lipinski definition) is 1. The molecule has 38 heavy (non-hydrogen) atoms. The lowest BCUT2D eigenvalue weighted by Crippen LogP contribution is -2.44. The lowest BCUT2D eigenvalue weighted by molar-refractivity contribution is 0.0606. The summed E-state index contributed by atoms with van der Waals surface area (Å²) in [5.74, 6) is -0.118. The van der Waals surface area contributed by atoms with Crippen LogP contribution in [0.5, 0.6) is 0 Å². The molecule has 198 valence electrons. The third-order valence-electron chi connectivity index (χ3n) is 7.21. The van der Waals surface area contributed by atoms with Crippen LogP contribution in [0.4, 0.5) is 0 Å². The number of para-hydroxylation sites is 1. The number of amides is 2. The lowest BCUT2D eigenvalue weighted by atomic mass is 9.90. The number of nitrogens with zero attached hydrogens (tertiary/aromatic N) is 2. The fourth-order valence-corrected chi connectivity index (χ4v) is 5.34. The molecule has 6 rings (SSSR count). The summed E-state index contributed by atoms with van der Waals surface area (Å²) in [7, 11) is 0. The standard InChI is InChI=1S/C29H27N3O4.2ClH/c33-24-18-26(36-25-9-2-1-6-21(24)25)19-10-11-23-27-20(19)7-5-8-22(27)28(34)32(29(23)35)15-4-3-14-31-16-12-30-13-17-31;;/h1-2,5-11,18,30H,3-4,12-17H2;2*1H. The van der Waals surface area contributed by atoms with Crippen molar-refractivity contribution >= 4 is 58.4 Å². The molecule has 0 saturated carbocycles. The molecule has 0 aliphatic carbocycles. The summed E-state index contributed by atoms with van der Waals surface area (Å²) in [6, 6.07) is 17.6. The number of imide groups is 1. The molecule has 0 unspecified atom stereocenters. The predicted octanol–water partition coefficient (Wildman–Crippen LogP) is 4.74. The van der Waals surface area contributed by atoms with Crippen molar-refractivity contribution in [1.29, 1.82) is 0 Å². The van der Waals surface area contributed by atoms with Crippen LogP contribution < -0.4 is 10.7 Å². The van der Waals surface area contributed by atoms with Crippen molar-refractivity contribution in [3.8, 4) is 11.3 Å². The van der Waals surface area contributed by atoms with Crippen LogP contribution in [0, 0.1) is 0 Å². The van der Waals surface area contributed by atoms with Crippen LogP contribution in [0.3, 0.4) is 0 Å². The van der Waals surface area contributed by atoms with Crippen LogP contribution in [-0.4, -0.2) is 60.9 Å². The van der Waals surface area contributed by atoms with Gasteiger partial charge in [0.25, 0.3) is 11.8 Å². The van der Waals surface area contributed by atoms with Gasteiger partial charge in [-0.05, 0) is 55.1 Å². The zero-order chi connectivity index (χ0) is 24.6. The molecule has 1 saturated heterocycles. The molecule has 0 spiro atoms. The Hall–Kier alpha value is -3.23. The van der Waals surface area contributed by atoms with E-state index in [1.807, 2.05) is 24.3 Å². The maximum absolute atomic E-state index is 13.4. The maximum atomic E-state index is 13.4. The third-order valence-corrected chi connectivity index (χ3v) is 7.21. The molecule has 3 aromatic carbocycles. The van der Waals surface area contributed by atoms with Gasteiger partial charge in [-0.3, -0.25) is 19.3 Å². The van der Waals surface area contributed by atoms with Crippen LogP contribution in [0.15, 0.2) is 69.9 Å². The van der Waals surface area contributed by atoms with E-state index in [9.17, 15) is 14.4 Å². The Kier molecular flexibility index (Phi) is 8.53. The van der Waals surface area contributed by atoms with E-state index in [0.717, 1.165) is 51.0 Å². The Morgan fingerprint density at radius 3 is 2.18 bits per heavy atom. The molecule has 2 amide bonds. The van der Waals surface area contributed by atoms with E-state index in [-0.39, 0.29) is 42.1 Å². The number of halogens is 2. The summed E-state index contributed by atoms with van der Waals surface area (Å²) >= 11 is 0. The van der Waals surface area contributed by atoms with E-state index in [2.05, 4.69) is 10.2 Å². The van der Waals surface area contributed by atoms with E-state index in [0.29, 0.717) is 45.4 Å². The first kappa shape index (κ1) is 27.8. The van der Waals surface area contributed by atoms with Crippen molar-refractivity contribution in [3.63, 3.8) is 0 Å². The number of fused-ring (bicyclic) bond motifs is 1. The molecule has 3 heterocycles. The highest BCUT2D eigenvalue weighted by molar-refractivity contribution is 6.26. The molecule has 0 radical (unpaired) electrons. The van der Waals surface area contributed by atoms with Crippen LogP contribution in [0.2, 0.25) is 0 Å². The van der Waals surface area contributed by atoms with Crippen LogP contribution >= 0.6 is 24.8 Å². The molecule has 0 atom stereocenters. The average molecular weight is 554 g/mol. The van der Waals surface area contributed by atoms with Crippen molar-refractivity contribution < 1.29 is 14.0 Å². The Morgan fingerprint density at radius 2 is 1.39 bits per heavy atom. The first-order chi connectivity index (χ1) is 17.6. The highest BCUT2D eigenvalue weighted by Crippen LogP contribution is 2.36. The van der Waals surface area contributed by atoms with E-state index in [1.165, 1.54) is 11.0 Å². The zero-order valence-electron chi connectivity index (χ0n) is 20.8. The number of unbranched alkanes of at least 4 members (excludes halogenated alkanes) is 1. The number of carbonyl (C=O) groups excluding carboxylic acids is 2. The molecule has 4 aromatic rings. The number of rotatable bonds is 6. The molecule has 1 aromatic heterocycles. The summed E-state index contributed by atoms with van der Waals surface area (Å²) in [6.07, 6.45) is 1.71. The van der Waals surface area contributed by atoms with Gasteiger partial charge in [0, 0.05) is 60.9 Å².